The monoisotopic (exact) mass is 419 g/mol. The normalized spacial score (nSPS) is 28.7. The number of rotatable bonds is 13. The predicted molar refractivity (Wildman–Crippen MR) is 129 cm³/mol. The zero-order valence-electron chi connectivity index (χ0n) is 20.6. The van der Waals surface area contributed by atoms with Crippen molar-refractivity contribution in [2.75, 3.05) is 6.54 Å². The van der Waals surface area contributed by atoms with Crippen LogP contribution in [0.4, 0.5) is 0 Å². The topological polar surface area (TPSA) is 43.7 Å². The average molecular weight is 420 g/mol. The first kappa shape index (κ1) is 25.6. The molecule has 30 heavy (non-hydrogen) atoms. The molecule has 174 valence electrons. The Labute approximate surface area is 186 Å². The minimum absolute atomic E-state index is 0.222. The van der Waals surface area contributed by atoms with E-state index in [-0.39, 0.29) is 12.0 Å². The van der Waals surface area contributed by atoms with Gasteiger partial charge in [0.25, 0.3) is 0 Å². The second kappa shape index (κ2) is 11.8. The molecule has 0 aromatic carbocycles. The molecule has 0 aromatic rings. The third-order valence-corrected chi connectivity index (χ3v) is 7.43. The Morgan fingerprint density at radius 2 is 1.87 bits per heavy atom. The fourth-order valence-electron chi connectivity index (χ4n) is 5.69. The maximum absolute atomic E-state index is 10.6. The van der Waals surface area contributed by atoms with Gasteiger partial charge in [-0.1, -0.05) is 43.6 Å². The number of nitrogens with zero attached hydrogens (tertiary/aromatic N) is 1. The molecular formula is C27H49NO2. The number of aliphatic hydroxyl groups is 2. The average Bonchev–Trinajstić information content (AvgIpc) is 3.16. The molecule has 0 bridgehead atoms. The molecule has 3 nitrogen and oxygen atoms in total. The van der Waals surface area contributed by atoms with Gasteiger partial charge in [0.15, 0.2) is 0 Å². The highest BCUT2D eigenvalue weighted by Crippen LogP contribution is 2.48. The third-order valence-electron chi connectivity index (χ3n) is 7.43. The van der Waals surface area contributed by atoms with E-state index in [0.717, 1.165) is 32.1 Å². The molecule has 2 rings (SSSR count). The molecule has 2 aliphatic rings. The first-order valence-corrected chi connectivity index (χ1v) is 12.7. The lowest BCUT2D eigenvalue weighted by atomic mass is 9.87. The van der Waals surface area contributed by atoms with Crippen molar-refractivity contribution in [1.82, 2.24) is 4.90 Å². The summed E-state index contributed by atoms with van der Waals surface area (Å²) in [5.74, 6) is 1.37. The van der Waals surface area contributed by atoms with Crippen molar-refractivity contribution < 1.29 is 10.2 Å². The van der Waals surface area contributed by atoms with Crippen molar-refractivity contribution in [3.05, 3.63) is 23.8 Å². The summed E-state index contributed by atoms with van der Waals surface area (Å²) in [6.07, 6.45) is 16.2. The molecule has 0 unspecified atom stereocenters. The second-order valence-electron chi connectivity index (χ2n) is 10.9. The fourth-order valence-corrected chi connectivity index (χ4v) is 5.69. The minimum Gasteiger partial charge on any atom is -0.392 e. The van der Waals surface area contributed by atoms with Crippen LogP contribution >= 0.6 is 0 Å². The number of aliphatic hydroxyl groups excluding tert-OH is 1. The van der Waals surface area contributed by atoms with E-state index in [0.29, 0.717) is 30.3 Å². The van der Waals surface area contributed by atoms with Gasteiger partial charge in [0, 0.05) is 18.0 Å². The maximum Gasteiger partial charge on any atom is 0.0654 e. The van der Waals surface area contributed by atoms with Gasteiger partial charge in [-0.05, 0) is 97.9 Å². The van der Waals surface area contributed by atoms with E-state index in [1.54, 1.807) is 5.57 Å². The fraction of sp³-hybridized carbons (Fsp3) is 0.852. The zero-order valence-corrected chi connectivity index (χ0v) is 20.6. The maximum atomic E-state index is 10.6. The van der Waals surface area contributed by atoms with E-state index in [1.807, 2.05) is 6.92 Å². The van der Waals surface area contributed by atoms with Crippen molar-refractivity contribution in [3.8, 4) is 0 Å². The quantitative estimate of drug-likeness (QED) is 0.280. The summed E-state index contributed by atoms with van der Waals surface area (Å²) in [5.41, 5.74) is 1.000. The molecule has 0 amide bonds. The first-order chi connectivity index (χ1) is 14.1. The molecule has 2 aliphatic carbocycles. The standard InChI is InChI=1S/C27H49NO2/c1-7-8-14-27(6,30)15-11-13-24-25-18-22(17-23(25)19-26(24)29)12-9-10-16-28(20(2)3)21(4)5/h11,13,17,20-21,23-26,29-30H,7-10,12,14-16,18-19H2,1-6H3/b13-11+/t23-,24+,25-,26+,27-/m0/s1. The number of allylic oxidation sites excluding steroid dienone is 2. The molecule has 0 spiro atoms. The summed E-state index contributed by atoms with van der Waals surface area (Å²) < 4.78 is 0. The number of unbranched alkanes of at least 4 members (excludes halogenated alkanes) is 2. The zero-order chi connectivity index (χ0) is 22.3. The Morgan fingerprint density at radius 1 is 1.17 bits per heavy atom. The van der Waals surface area contributed by atoms with Gasteiger partial charge in [-0.3, -0.25) is 4.90 Å². The molecule has 0 aliphatic heterocycles. The van der Waals surface area contributed by atoms with Gasteiger partial charge in [-0.15, -0.1) is 0 Å². The molecule has 2 N–H and O–H groups in total. The number of hydrogen-bond donors (Lipinski definition) is 2. The van der Waals surface area contributed by atoms with Crippen LogP contribution in [0.5, 0.6) is 0 Å². The molecule has 0 aromatic heterocycles. The lowest BCUT2D eigenvalue weighted by molar-refractivity contribution is 0.0513. The van der Waals surface area contributed by atoms with Crippen molar-refractivity contribution in [1.29, 1.82) is 0 Å². The molecule has 3 heteroatoms. The smallest absolute Gasteiger partial charge is 0.0654 e. The Balaban J connectivity index is 1.78. The van der Waals surface area contributed by atoms with E-state index < -0.39 is 5.60 Å². The molecule has 0 heterocycles. The van der Waals surface area contributed by atoms with Crippen LogP contribution in [0.1, 0.15) is 99.3 Å². The van der Waals surface area contributed by atoms with Crippen LogP contribution in [0.2, 0.25) is 0 Å². The SMILES string of the molecule is CCCC[C@](C)(O)C/C=C/[C@@H]1[C@H]2CC(CCCCN(C(C)C)C(C)C)=C[C@H]2C[C@H]1O. The second-order valence-corrected chi connectivity index (χ2v) is 10.9. The van der Waals surface area contributed by atoms with E-state index >= 15 is 0 Å². The molecule has 5 atom stereocenters. The lowest BCUT2D eigenvalue weighted by Gasteiger charge is -2.30. The third kappa shape index (κ3) is 7.50. The largest absolute Gasteiger partial charge is 0.392 e. The molecule has 1 saturated carbocycles. The van der Waals surface area contributed by atoms with Crippen LogP contribution in [0.25, 0.3) is 0 Å². The van der Waals surface area contributed by atoms with Crippen LogP contribution < -0.4 is 0 Å². The van der Waals surface area contributed by atoms with E-state index in [9.17, 15) is 10.2 Å². The highest BCUT2D eigenvalue weighted by Gasteiger charge is 2.43. The summed E-state index contributed by atoms with van der Waals surface area (Å²) >= 11 is 0. The summed E-state index contributed by atoms with van der Waals surface area (Å²) in [4.78, 5) is 2.59. The minimum atomic E-state index is -0.617. The first-order valence-electron chi connectivity index (χ1n) is 12.7. The lowest BCUT2D eigenvalue weighted by Crippen LogP contribution is -2.37. The highest BCUT2D eigenvalue weighted by atomic mass is 16.3. The Hall–Kier alpha value is -0.640. The Bertz CT molecular complexity index is 555. The number of fused-ring (bicyclic) bond motifs is 1. The number of hydrogen-bond acceptors (Lipinski definition) is 3. The van der Waals surface area contributed by atoms with Crippen LogP contribution in [0.3, 0.4) is 0 Å². The molecule has 0 radical (unpaired) electrons. The molecule has 1 fully saturated rings. The van der Waals surface area contributed by atoms with Crippen LogP contribution in [-0.4, -0.2) is 45.4 Å². The van der Waals surface area contributed by atoms with E-state index in [2.05, 4.69) is 57.7 Å². The van der Waals surface area contributed by atoms with Gasteiger partial charge in [0.2, 0.25) is 0 Å². The van der Waals surface area contributed by atoms with Crippen LogP contribution in [0.15, 0.2) is 23.8 Å². The van der Waals surface area contributed by atoms with Crippen molar-refractivity contribution in [2.24, 2.45) is 17.8 Å². The van der Waals surface area contributed by atoms with Gasteiger partial charge < -0.3 is 10.2 Å². The van der Waals surface area contributed by atoms with Gasteiger partial charge in [0.05, 0.1) is 11.7 Å². The van der Waals surface area contributed by atoms with Crippen molar-refractivity contribution >= 4 is 0 Å². The van der Waals surface area contributed by atoms with Crippen molar-refractivity contribution in [3.63, 3.8) is 0 Å². The summed E-state index contributed by atoms with van der Waals surface area (Å²) in [6, 6.07) is 1.23. The van der Waals surface area contributed by atoms with Crippen LogP contribution in [-0.2, 0) is 0 Å². The Kier molecular flexibility index (Phi) is 10.1. The summed E-state index contributed by atoms with van der Waals surface area (Å²) in [6.45, 7) is 14.5. The summed E-state index contributed by atoms with van der Waals surface area (Å²) in [7, 11) is 0. The molecular weight excluding hydrogens is 370 g/mol. The van der Waals surface area contributed by atoms with Crippen molar-refractivity contribution in [2.45, 2.75) is 123 Å². The molecule has 0 saturated heterocycles. The summed E-state index contributed by atoms with van der Waals surface area (Å²) in [5, 5.41) is 21.1. The van der Waals surface area contributed by atoms with Gasteiger partial charge in [-0.2, -0.15) is 0 Å². The van der Waals surface area contributed by atoms with E-state index in [1.165, 1.54) is 25.8 Å². The highest BCUT2D eigenvalue weighted by molar-refractivity contribution is 5.20. The van der Waals surface area contributed by atoms with Gasteiger partial charge in [0.1, 0.15) is 0 Å². The van der Waals surface area contributed by atoms with Crippen LogP contribution in [0, 0.1) is 17.8 Å². The van der Waals surface area contributed by atoms with Gasteiger partial charge in [-0.25, -0.2) is 0 Å². The van der Waals surface area contributed by atoms with E-state index in [4.69, 9.17) is 0 Å². The predicted octanol–water partition coefficient (Wildman–Crippen LogP) is 6.11. The van der Waals surface area contributed by atoms with Gasteiger partial charge >= 0.3 is 0 Å². The Morgan fingerprint density at radius 3 is 2.50 bits per heavy atom.